The molecule has 1 aromatic rings. The van der Waals surface area contributed by atoms with Gasteiger partial charge in [-0.15, -0.1) is 0 Å². The molecular weight excluding hydrogens is 242 g/mol. The number of aromatic nitrogens is 1. The minimum Gasteiger partial charge on any atom is -0.352 e. The highest BCUT2D eigenvalue weighted by Crippen LogP contribution is 2.18. The van der Waals surface area contributed by atoms with Gasteiger partial charge in [-0.25, -0.2) is 4.98 Å². The first kappa shape index (κ1) is 11.9. The van der Waals surface area contributed by atoms with E-state index < -0.39 is 5.91 Å². The van der Waals surface area contributed by atoms with Crippen LogP contribution in [0.5, 0.6) is 0 Å². The topological polar surface area (TPSA) is 71.1 Å². The lowest BCUT2D eigenvalue weighted by Gasteiger charge is -2.06. The molecule has 0 aromatic carbocycles. The van der Waals surface area contributed by atoms with Crippen molar-refractivity contribution in [2.24, 2.45) is 0 Å². The van der Waals surface area contributed by atoms with Crippen LogP contribution < -0.4 is 10.6 Å². The van der Waals surface area contributed by atoms with Gasteiger partial charge in [0.1, 0.15) is 5.15 Å². The lowest BCUT2D eigenvalue weighted by atomic mass is 10.2. The van der Waals surface area contributed by atoms with E-state index in [1.165, 1.54) is 6.20 Å². The largest absolute Gasteiger partial charge is 0.352 e. The summed E-state index contributed by atoms with van der Waals surface area (Å²) in [5.74, 6) is -0.574. The van der Waals surface area contributed by atoms with Gasteiger partial charge in [0.05, 0.1) is 12.1 Å². The predicted octanol–water partition coefficient (Wildman–Crippen LogP) is 0.743. The number of carbonyl (C=O) groups excluding carboxylic acids is 2. The van der Waals surface area contributed by atoms with Crippen LogP contribution in [0.4, 0.5) is 0 Å². The molecule has 2 N–H and O–H groups in total. The molecule has 90 valence electrons. The third kappa shape index (κ3) is 3.42. The van der Waals surface area contributed by atoms with Crippen LogP contribution in [0, 0.1) is 0 Å². The lowest BCUT2D eigenvalue weighted by molar-refractivity contribution is -0.120. The molecule has 0 aliphatic heterocycles. The molecule has 17 heavy (non-hydrogen) atoms. The Labute approximate surface area is 104 Å². The van der Waals surface area contributed by atoms with E-state index in [1.54, 1.807) is 12.1 Å². The Hall–Kier alpha value is -1.62. The highest BCUT2D eigenvalue weighted by molar-refractivity contribution is 6.32. The number of rotatable bonds is 4. The fourth-order valence-electron chi connectivity index (χ4n) is 1.32. The summed E-state index contributed by atoms with van der Waals surface area (Å²) >= 11 is 5.76. The van der Waals surface area contributed by atoms with Gasteiger partial charge in [0.25, 0.3) is 5.91 Å². The van der Waals surface area contributed by atoms with Gasteiger partial charge in [-0.3, -0.25) is 9.59 Å². The maximum absolute atomic E-state index is 11.7. The number of halogens is 1. The van der Waals surface area contributed by atoms with Gasteiger partial charge in [0.2, 0.25) is 5.91 Å². The maximum Gasteiger partial charge on any atom is 0.254 e. The minimum absolute atomic E-state index is 0.0411. The van der Waals surface area contributed by atoms with Crippen molar-refractivity contribution in [1.29, 1.82) is 0 Å². The van der Waals surface area contributed by atoms with E-state index in [1.807, 2.05) is 0 Å². The third-order valence-electron chi connectivity index (χ3n) is 2.36. The summed E-state index contributed by atoms with van der Waals surface area (Å²) in [6, 6.07) is 3.47. The van der Waals surface area contributed by atoms with Crippen molar-refractivity contribution < 1.29 is 9.59 Å². The zero-order valence-corrected chi connectivity index (χ0v) is 9.83. The second kappa shape index (κ2) is 5.14. The van der Waals surface area contributed by atoms with E-state index in [0.29, 0.717) is 6.04 Å². The highest BCUT2D eigenvalue weighted by Gasteiger charge is 2.23. The van der Waals surface area contributed by atoms with Crippen molar-refractivity contribution in [2.45, 2.75) is 18.9 Å². The van der Waals surface area contributed by atoms with Crippen molar-refractivity contribution in [3.8, 4) is 0 Å². The molecule has 1 fully saturated rings. The van der Waals surface area contributed by atoms with Gasteiger partial charge < -0.3 is 10.6 Å². The van der Waals surface area contributed by atoms with Crippen molar-refractivity contribution >= 4 is 23.4 Å². The molecule has 0 saturated heterocycles. The quantitative estimate of drug-likeness (QED) is 0.778. The number of amides is 2. The zero-order chi connectivity index (χ0) is 12.3. The van der Waals surface area contributed by atoms with Crippen LogP contribution in [-0.4, -0.2) is 29.4 Å². The Morgan fingerprint density at radius 2 is 2.24 bits per heavy atom. The van der Waals surface area contributed by atoms with Crippen molar-refractivity contribution in [3.05, 3.63) is 29.0 Å². The van der Waals surface area contributed by atoms with E-state index in [-0.39, 0.29) is 23.2 Å². The Morgan fingerprint density at radius 1 is 1.47 bits per heavy atom. The molecule has 0 radical (unpaired) electrons. The summed E-state index contributed by atoms with van der Waals surface area (Å²) in [5.41, 5.74) is 0.272. The number of hydrogen-bond acceptors (Lipinski definition) is 3. The summed E-state index contributed by atoms with van der Waals surface area (Å²) in [7, 11) is 0. The van der Waals surface area contributed by atoms with Crippen LogP contribution in [-0.2, 0) is 4.79 Å². The molecule has 2 amide bonds. The number of hydrogen-bond donors (Lipinski definition) is 2. The van der Waals surface area contributed by atoms with Gasteiger partial charge in [-0.1, -0.05) is 11.6 Å². The Balaban J connectivity index is 1.84. The molecule has 2 rings (SSSR count). The van der Waals surface area contributed by atoms with E-state index in [4.69, 9.17) is 11.6 Å². The highest BCUT2D eigenvalue weighted by atomic mass is 35.5. The van der Waals surface area contributed by atoms with Crippen LogP contribution >= 0.6 is 11.6 Å². The molecule has 1 aromatic heterocycles. The van der Waals surface area contributed by atoms with Crippen molar-refractivity contribution in [1.82, 2.24) is 15.6 Å². The maximum atomic E-state index is 11.7. The Kier molecular flexibility index (Phi) is 3.58. The van der Waals surface area contributed by atoms with Crippen LogP contribution in [0.25, 0.3) is 0 Å². The van der Waals surface area contributed by atoms with Crippen LogP contribution in [0.3, 0.4) is 0 Å². The van der Waals surface area contributed by atoms with Gasteiger partial charge in [-0.05, 0) is 25.0 Å². The monoisotopic (exact) mass is 253 g/mol. The molecule has 1 heterocycles. The molecule has 5 nitrogen and oxygen atoms in total. The molecule has 0 unspecified atom stereocenters. The molecule has 1 saturated carbocycles. The third-order valence-corrected chi connectivity index (χ3v) is 2.66. The van der Waals surface area contributed by atoms with E-state index in [0.717, 1.165) is 12.8 Å². The Bertz CT molecular complexity index is 446. The van der Waals surface area contributed by atoms with Gasteiger partial charge >= 0.3 is 0 Å². The average Bonchev–Trinajstić information content (AvgIpc) is 3.10. The number of pyridine rings is 1. The fraction of sp³-hybridized carbons (Fsp3) is 0.364. The Morgan fingerprint density at radius 3 is 2.88 bits per heavy atom. The number of nitrogens with zero attached hydrogens (tertiary/aromatic N) is 1. The molecule has 0 spiro atoms. The first-order chi connectivity index (χ1) is 8.16. The first-order valence-corrected chi connectivity index (χ1v) is 5.72. The van der Waals surface area contributed by atoms with E-state index in [9.17, 15) is 9.59 Å². The second-order valence-corrected chi connectivity index (χ2v) is 4.22. The molecule has 1 aliphatic rings. The minimum atomic E-state index is -0.394. The van der Waals surface area contributed by atoms with Gasteiger partial charge in [0, 0.05) is 12.2 Å². The average molecular weight is 254 g/mol. The van der Waals surface area contributed by atoms with Crippen LogP contribution in [0.2, 0.25) is 5.15 Å². The summed E-state index contributed by atoms with van der Waals surface area (Å²) < 4.78 is 0. The fourth-order valence-corrected chi connectivity index (χ4v) is 1.52. The van der Waals surface area contributed by atoms with E-state index >= 15 is 0 Å². The van der Waals surface area contributed by atoms with Gasteiger partial charge in [0.15, 0.2) is 0 Å². The summed E-state index contributed by atoms with van der Waals surface area (Å²) in [6.45, 7) is -0.0411. The smallest absolute Gasteiger partial charge is 0.254 e. The normalized spacial score (nSPS) is 14.2. The summed E-state index contributed by atoms with van der Waals surface area (Å²) in [6.07, 6.45) is 3.54. The standard InChI is InChI=1S/C11H12ClN3O2/c12-10-8(2-1-5-13-10)11(17)14-6-9(16)15-7-3-4-7/h1-2,5,7H,3-4,6H2,(H,14,17)(H,15,16). The summed E-state index contributed by atoms with van der Waals surface area (Å²) in [5, 5.41) is 5.40. The van der Waals surface area contributed by atoms with Crippen molar-refractivity contribution in [2.75, 3.05) is 6.54 Å². The first-order valence-electron chi connectivity index (χ1n) is 5.35. The van der Waals surface area contributed by atoms with Crippen LogP contribution in [0.1, 0.15) is 23.2 Å². The SMILES string of the molecule is O=C(CNC(=O)c1cccnc1Cl)NC1CC1. The molecule has 1 aliphatic carbocycles. The molecule has 6 heteroatoms. The summed E-state index contributed by atoms with van der Waals surface area (Å²) in [4.78, 5) is 26.8. The predicted molar refractivity (Wildman–Crippen MR) is 62.7 cm³/mol. The zero-order valence-electron chi connectivity index (χ0n) is 9.07. The second-order valence-electron chi connectivity index (χ2n) is 3.87. The molecule has 0 bridgehead atoms. The van der Waals surface area contributed by atoms with Crippen molar-refractivity contribution in [3.63, 3.8) is 0 Å². The number of carbonyl (C=O) groups is 2. The van der Waals surface area contributed by atoms with Gasteiger partial charge in [-0.2, -0.15) is 0 Å². The van der Waals surface area contributed by atoms with E-state index in [2.05, 4.69) is 15.6 Å². The lowest BCUT2D eigenvalue weighted by Crippen LogP contribution is -2.37. The molecule has 0 atom stereocenters. The molecular formula is C11H12ClN3O2. The number of nitrogens with one attached hydrogen (secondary N) is 2. The van der Waals surface area contributed by atoms with Crippen LogP contribution in [0.15, 0.2) is 18.3 Å².